The zero-order chi connectivity index (χ0) is 14.9. The SMILES string of the molecule is CC(=O)c1c(C)[nH]c(C(=O)NC2CCCNC2C)c1C.Cl. The molecule has 0 bridgehead atoms. The molecule has 1 aliphatic rings. The number of ketones is 1. The number of hydrogen-bond acceptors (Lipinski definition) is 3. The molecule has 0 spiro atoms. The van der Waals surface area contributed by atoms with E-state index in [2.05, 4.69) is 22.5 Å². The van der Waals surface area contributed by atoms with Crippen molar-refractivity contribution in [2.24, 2.45) is 0 Å². The van der Waals surface area contributed by atoms with Gasteiger partial charge in [0.05, 0.1) is 0 Å². The third-order valence-corrected chi connectivity index (χ3v) is 4.09. The molecular weight excluding hydrogens is 290 g/mol. The molecule has 21 heavy (non-hydrogen) atoms. The van der Waals surface area contributed by atoms with Crippen LogP contribution in [0.4, 0.5) is 0 Å². The Morgan fingerprint density at radius 3 is 2.48 bits per heavy atom. The number of carbonyl (C=O) groups is 2. The molecule has 2 heterocycles. The number of hydrogen-bond donors (Lipinski definition) is 3. The predicted octanol–water partition coefficient (Wildman–Crippen LogP) is 2.13. The molecule has 0 aliphatic carbocycles. The largest absolute Gasteiger partial charge is 0.354 e. The van der Waals surface area contributed by atoms with Crippen molar-refractivity contribution in [1.29, 1.82) is 0 Å². The smallest absolute Gasteiger partial charge is 0.268 e. The molecule has 1 aromatic heterocycles. The van der Waals surface area contributed by atoms with E-state index in [4.69, 9.17) is 0 Å². The topological polar surface area (TPSA) is 74.0 Å². The molecule has 2 unspecified atom stereocenters. The fourth-order valence-corrected chi connectivity index (χ4v) is 2.99. The van der Waals surface area contributed by atoms with Crippen molar-refractivity contribution >= 4 is 24.1 Å². The van der Waals surface area contributed by atoms with Gasteiger partial charge in [-0.25, -0.2) is 0 Å². The second-order valence-electron chi connectivity index (χ2n) is 5.65. The summed E-state index contributed by atoms with van der Waals surface area (Å²) in [6, 6.07) is 0.413. The van der Waals surface area contributed by atoms with Gasteiger partial charge < -0.3 is 15.6 Å². The summed E-state index contributed by atoms with van der Waals surface area (Å²) in [7, 11) is 0. The molecule has 1 aliphatic heterocycles. The summed E-state index contributed by atoms with van der Waals surface area (Å²) in [6.45, 7) is 8.25. The zero-order valence-electron chi connectivity index (χ0n) is 13.0. The van der Waals surface area contributed by atoms with E-state index in [-0.39, 0.29) is 36.2 Å². The van der Waals surface area contributed by atoms with Crippen LogP contribution >= 0.6 is 12.4 Å². The van der Waals surface area contributed by atoms with E-state index in [0.717, 1.165) is 30.6 Å². The van der Waals surface area contributed by atoms with Crippen LogP contribution in [-0.4, -0.2) is 35.3 Å². The number of rotatable bonds is 3. The summed E-state index contributed by atoms with van der Waals surface area (Å²) in [4.78, 5) is 27.0. The Balaban J connectivity index is 0.00000220. The van der Waals surface area contributed by atoms with E-state index in [1.165, 1.54) is 6.92 Å². The Morgan fingerprint density at radius 2 is 1.95 bits per heavy atom. The average molecular weight is 314 g/mol. The Kier molecular flexibility index (Phi) is 5.98. The van der Waals surface area contributed by atoms with Gasteiger partial charge in [0.2, 0.25) is 0 Å². The van der Waals surface area contributed by atoms with Gasteiger partial charge in [0, 0.05) is 23.3 Å². The number of halogens is 1. The maximum Gasteiger partial charge on any atom is 0.268 e. The number of aromatic nitrogens is 1. The van der Waals surface area contributed by atoms with Crippen LogP contribution in [0, 0.1) is 13.8 Å². The number of aromatic amines is 1. The zero-order valence-corrected chi connectivity index (χ0v) is 13.8. The van der Waals surface area contributed by atoms with Gasteiger partial charge in [-0.1, -0.05) is 0 Å². The van der Waals surface area contributed by atoms with E-state index >= 15 is 0 Å². The molecule has 2 rings (SSSR count). The minimum Gasteiger partial charge on any atom is -0.354 e. The molecule has 1 aromatic rings. The molecule has 0 aromatic carbocycles. The molecule has 5 nitrogen and oxygen atoms in total. The fourth-order valence-electron chi connectivity index (χ4n) is 2.99. The lowest BCUT2D eigenvalue weighted by atomic mass is 9.99. The summed E-state index contributed by atoms with van der Waals surface area (Å²) in [5, 5.41) is 6.42. The van der Waals surface area contributed by atoms with Gasteiger partial charge in [-0.2, -0.15) is 0 Å². The van der Waals surface area contributed by atoms with Crippen LogP contribution in [0.5, 0.6) is 0 Å². The van der Waals surface area contributed by atoms with Crippen LogP contribution in [0.2, 0.25) is 0 Å². The van der Waals surface area contributed by atoms with Gasteiger partial charge in [0.25, 0.3) is 5.91 Å². The van der Waals surface area contributed by atoms with E-state index < -0.39 is 0 Å². The molecule has 3 N–H and O–H groups in total. The van der Waals surface area contributed by atoms with Crippen molar-refractivity contribution in [2.75, 3.05) is 6.54 Å². The van der Waals surface area contributed by atoms with Crippen molar-refractivity contribution in [2.45, 2.75) is 52.6 Å². The van der Waals surface area contributed by atoms with Gasteiger partial charge >= 0.3 is 0 Å². The Labute approximate surface area is 131 Å². The van der Waals surface area contributed by atoms with E-state index in [1.807, 2.05) is 13.8 Å². The average Bonchev–Trinajstić information content (AvgIpc) is 2.67. The number of amides is 1. The third kappa shape index (κ3) is 3.66. The third-order valence-electron chi connectivity index (χ3n) is 4.09. The number of aryl methyl sites for hydroxylation is 1. The van der Waals surface area contributed by atoms with Gasteiger partial charge in [0.1, 0.15) is 5.69 Å². The van der Waals surface area contributed by atoms with Crippen LogP contribution in [0.25, 0.3) is 0 Å². The minimum absolute atomic E-state index is 0. The van der Waals surface area contributed by atoms with Crippen LogP contribution in [0.1, 0.15) is 58.8 Å². The van der Waals surface area contributed by atoms with Crippen LogP contribution in [0.3, 0.4) is 0 Å². The Hall–Kier alpha value is -1.33. The first-order valence-corrected chi connectivity index (χ1v) is 7.16. The highest BCUT2D eigenvalue weighted by Crippen LogP contribution is 2.19. The normalized spacial score (nSPS) is 21.5. The number of H-pyrrole nitrogens is 1. The van der Waals surface area contributed by atoms with Crippen molar-refractivity contribution in [3.63, 3.8) is 0 Å². The van der Waals surface area contributed by atoms with E-state index in [0.29, 0.717) is 11.3 Å². The van der Waals surface area contributed by atoms with Crippen molar-refractivity contribution in [3.05, 3.63) is 22.5 Å². The lowest BCUT2D eigenvalue weighted by Gasteiger charge is -2.30. The molecule has 0 radical (unpaired) electrons. The lowest BCUT2D eigenvalue weighted by Crippen LogP contribution is -2.52. The second-order valence-corrected chi connectivity index (χ2v) is 5.65. The standard InChI is InChI=1S/C15H23N3O2.ClH/c1-8-13(11(4)19)10(3)17-14(8)15(20)18-12-6-5-7-16-9(12)2;/h9,12,16-17H,5-7H2,1-4H3,(H,18,20);1H. The molecular formula is C15H24ClN3O2. The summed E-state index contributed by atoms with van der Waals surface area (Å²) in [5.74, 6) is -0.137. The number of piperidine rings is 1. The quantitative estimate of drug-likeness (QED) is 0.748. The molecule has 1 fully saturated rings. The summed E-state index contributed by atoms with van der Waals surface area (Å²) < 4.78 is 0. The highest BCUT2D eigenvalue weighted by molar-refractivity contribution is 6.02. The first kappa shape index (κ1) is 17.7. The Bertz CT molecular complexity index is 539. The first-order chi connectivity index (χ1) is 9.41. The van der Waals surface area contributed by atoms with Crippen molar-refractivity contribution < 1.29 is 9.59 Å². The lowest BCUT2D eigenvalue weighted by molar-refractivity contribution is 0.0914. The Morgan fingerprint density at radius 1 is 1.29 bits per heavy atom. The van der Waals surface area contributed by atoms with Gasteiger partial charge in [0.15, 0.2) is 5.78 Å². The molecule has 0 saturated carbocycles. The van der Waals surface area contributed by atoms with Gasteiger partial charge in [-0.05, 0) is 52.6 Å². The molecule has 6 heteroatoms. The first-order valence-electron chi connectivity index (χ1n) is 7.16. The van der Waals surface area contributed by atoms with E-state index in [1.54, 1.807) is 0 Å². The van der Waals surface area contributed by atoms with Crippen molar-refractivity contribution in [1.82, 2.24) is 15.6 Å². The van der Waals surface area contributed by atoms with Gasteiger partial charge in [-0.15, -0.1) is 12.4 Å². The maximum atomic E-state index is 12.4. The minimum atomic E-state index is -0.126. The van der Waals surface area contributed by atoms with Crippen LogP contribution in [0.15, 0.2) is 0 Å². The van der Waals surface area contributed by atoms with Crippen LogP contribution < -0.4 is 10.6 Å². The summed E-state index contributed by atoms with van der Waals surface area (Å²) in [6.07, 6.45) is 2.05. The molecule has 2 atom stereocenters. The van der Waals surface area contributed by atoms with Gasteiger partial charge in [-0.3, -0.25) is 9.59 Å². The summed E-state index contributed by atoms with van der Waals surface area (Å²) in [5.41, 5.74) is 2.63. The summed E-state index contributed by atoms with van der Waals surface area (Å²) >= 11 is 0. The highest BCUT2D eigenvalue weighted by Gasteiger charge is 2.25. The number of Topliss-reactive ketones (excluding diaryl/α,β-unsaturated/α-hetero) is 1. The maximum absolute atomic E-state index is 12.4. The number of nitrogens with one attached hydrogen (secondary N) is 3. The predicted molar refractivity (Wildman–Crippen MR) is 85.5 cm³/mol. The molecule has 1 amide bonds. The second kappa shape index (κ2) is 7.09. The molecule has 118 valence electrons. The number of carbonyl (C=O) groups excluding carboxylic acids is 2. The molecule has 1 saturated heterocycles. The highest BCUT2D eigenvalue weighted by atomic mass is 35.5. The monoisotopic (exact) mass is 313 g/mol. The van der Waals surface area contributed by atoms with Crippen LogP contribution in [-0.2, 0) is 0 Å². The van der Waals surface area contributed by atoms with Crippen molar-refractivity contribution in [3.8, 4) is 0 Å². The van der Waals surface area contributed by atoms with E-state index in [9.17, 15) is 9.59 Å². The fraction of sp³-hybridized carbons (Fsp3) is 0.600.